The summed E-state index contributed by atoms with van der Waals surface area (Å²) in [6.45, 7) is 5.07. The van der Waals surface area contributed by atoms with Gasteiger partial charge in [-0.2, -0.15) is 13.2 Å². The molecule has 2 aliphatic heterocycles. The number of halogens is 4. The van der Waals surface area contributed by atoms with E-state index in [1.807, 2.05) is 36.1 Å². The Kier molecular flexibility index (Phi) is 11.0. The molecule has 2 aliphatic rings. The quantitative estimate of drug-likeness (QED) is 0.0937. The van der Waals surface area contributed by atoms with Gasteiger partial charge in [-0.15, -0.1) is 0 Å². The summed E-state index contributed by atoms with van der Waals surface area (Å²) in [4.78, 5) is 13.2. The summed E-state index contributed by atoms with van der Waals surface area (Å²) >= 11 is 1.42. The van der Waals surface area contributed by atoms with Gasteiger partial charge in [0.05, 0.1) is 49.5 Å². The summed E-state index contributed by atoms with van der Waals surface area (Å²) in [5, 5.41) is 11.3. The minimum atomic E-state index is -4.84. The number of aromatic nitrogens is 2. The van der Waals surface area contributed by atoms with Crippen molar-refractivity contribution in [3.63, 3.8) is 0 Å². The Bertz CT molecular complexity index is 1770. The molecule has 0 saturated carbocycles. The Hall–Kier alpha value is -4.07. The highest BCUT2D eigenvalue weighted by Crippen LogP contribution is 2.44. The Balaban J connectivity index is 1.41. The van der Waals surface area contributed by atoms with Gasteiger partial charge in [0.25, 0.3) is 0 Å². The molecule has 272 valence electrons. The molecule has 1 saturated heterocycles. The number of β-amino-alcohol motifs (C(OH)–C–C–N with tert-alkyl or cyclic N) is 1. The van der Waals surface area contributed by atoms with Crippen LogP contribution in [-0.2, 0) is 37.0 Å². The Labute approximate surface area is 299 Å². The number of hydrogen-bond donors (Lipinski definition) is 1. The van der Waals surface area contributed by atoms with E-state index in [2.05, 4.69) is 0 Å². The van der Waals surface area contributed by atoms with Gasteiger partial charge in [0, 0.05) is 43.7 Å². The fraction of sp³-hybridized carbons (Fsp3) is 0.421. The van der Waals surface area contributed by atoms with Crippen LogP contribution in [0.5, 0.6) is 11.5 Å². The van der Waals surface area contributed by atoms with Crippen molar-refractivity contribution < 1.29 is 36.9 Å². The third-order valence-electron chi connectivity index (χ3n) is 9.30. The van der Waals surface area contributed by atoms with Gasteiger partial charge < -0.3 is 29.1 Å². The Morgan fingerprint density at radius 3 is 2.16 bits per heavy atom. The topological polar surface area (TPSA) is 80.2 Å². The van der Waals surface area contributed by atoms with E-state index in [9.17, 15) is 18.3 Å². The summed E-state index contributed by atoms with van der Waals surface area (Å²) in [7, 11) is 3.12. The van der Waals surface area contributed by atoms with Crippen LogP contribution >= 0.6 is 11.8 Å². The van der Waals surface area contributed by atoms with Crippen LogP contribution in [0.25, 0.3) is 0 Å². The molecule has 3 aromatic carbocycles. The zero-order valence-corrected chi connectivity index (χ0v) is 29.9. The van der Waals surface area contributed by atoms with Crippen molar-refractivity contribution in [3.05, 3.63) is 100.0 Å². The Morgan fingerprint density at radius 2 is 1.61 bits per heavy atom. The number of piperidine rings is 1. The van der Waals surface area contributed by atoms with E-state index in [1.165, 1.54) is 17.8 Å². The predicted octanol–water partition coefficient (Wildman–Crippen LogP) is 8.14. The minimum Gasteiger partial charge on any atom is -0.497 e. The van der Waals surface area contributed by atoms with Crippen LogP contribution < -0.4 is 19.3 Å². The lowest BCUT2D eigenvalue weighted by atomic mass is 9.92. The first kappa shape index (κ1) is 36.7. The van der Waals surface area contributed by atoms with Gasteiger partial charge in [0.15, 0.2) is 11.0 Å². The highest BCUT2D eigenvalue weighted by atomic mass is 32.2. The van der Waals surface area contributed by atoms with Crippen molar-refractivity contribution in [2.24, 2.45) is 0 Å². The maximum absolute atomic E-state index is 17.0. The van der Waals surface area contributed by atoms with Gasteiger partial charge in [-0.3, -0.25) is 0 Å². The molecule has 0 bridgehead atoms. The number of ether oxygens (including phenoxy) is 3. The van der Waals surface area contributed by atoms with Crippen LogP contribution in [0.15, 0.2) is 65.8 Å². The molecule has 0 aliphatic carbocycles. The van der Waals surface area contributed by atoms with Crippen molar-refractivity contribution in [3.8, 4) is 11.5 Å². The third-order valence-corrected chi connectivity index (χ3v) is 10.0. The first-order chi connectivity index (χ1) is 24.4. The van der Waals surface area contributed by atoms with E-state index < -0.39 is 34.8 Å². The molecule has 1 fully saturated rings. The van der Waals surface area contributed by atoms with Gasteiger partial charge in [0.1, 0.15) is 17.3 Å². The minimum absolute atomic E-state index is 0.0141. The number of alkyl halides is 3. The molecular weight excluding hydrogens is 685 g/mol. The molecule has 51 heavy (non-hydrogen) atoms. The first-order valence-corrected chi connectivity index (χ1v) is 17.9. The van der Waals surface area contributed by atoms with Crippen LogP contribution in [0.4, 0.5) is 29.1 Å². The monoisotopic (exact) mass is 726 g/mol. The molecule has 1 aromatic heterocycles. The predicted molar refractivity (Wildman–Crippen MR) is 189 cm³/mol. The van der Waals surface area contributed by atoms with E-state index in [0.29, 0.717) is 59.0 Å². The number of thioether (sulfide) groups is 1. The largest absolute Gasteiger partial charge is 0.497 e. The number of benzene rings is 3. The van der Waals surface area contributed by atoms with E-state index in [1.54, 1.807) is 50.3 Å². The second-order valence-corrected chi connectivity index (χ2v) is 14.4. The van der Waals surface area contributed by atoms with E-state index in [0.717, 1.165) is 23.6 Å². The van der Waals surface area contributed by atoms with Crippen LogP contribution in [0.3, 0.4) is 0 Å². The van der Waals surface area contributed by atoms with Crippen LogP contribution in [-0.4, -0.2) is 53.7 Å². The van der Waals surface area contributed by atoms with Gasteiger partial charge in [-0.1, -0.05) is 43.0 Å². The fourth-order valence-electron chi connectivity index (χ4n) is 6.79. The number of anilines is 2. The maximum atomic E-state index is 17.0. The number of rotatable bonds is 11. The van der Waals surface area contributed by atoms with Crippen molar-refractivity contribution in [2.45, 2.75) is 75.8 Å². The number of methoxy groups -OCH3 is 2. The molecule has 0 amide bonds. The molecule has 2 unspecified atom stereocenters. The van der Waals surface area contributed by atoms with Gasteiger partial charge >= 0.3 is 6.18 Å². The number of nitrogens with zero attached hydrogens (tertiary/aromatic N) is 4. The van der Waals surface area contributed by atoms with Gasteiger partial charge in [0.2, 0.25) is 0 Å². The molecule has 13 heteroatoms. The van der Waals surface area contributed by atoms with E-state index in [4.69, 9.17) is 24.2 Å². The first-order valence-electron chi connectivity index (χ1n) is 16.9. The average Bonchev–Trinajstić information content (AvgIpc) is 3.10. The lowest BCUT2D eigenvalue weighted by Crippen LogP contribution is -2.47. The van der Waals surface area contributed by atoms with Crippen molar-refractivity contribution in [1.82, 2.24) is 9.97 Å². The van der Waals surface area contributed by atoms with Crippen molar-refractivity contribution in [2.75, 3.05) is 42.9 Å². The molecule has 3 heterocycles. The second-order valence-electron chi connectivity index (χ2n) is 13.1. The lowest BCUT2D eigenvalue weighted by Gasteiger charge is -2.39. The van der Waals surface area contributed by atoms with Gasteiger partial charge in [-0.25, -0.2) is 14.4 Å². The zero-order valence-electron chi connectivity index (χ0n) is 29.1. The highest BCUT2D eigenvalue weighted by Gasteiger charge is 2.41. The van der Waals surface area contributed by atoms with Crippen LogP contribution in [0.2, 0.25) is 0 Å². The molecular formula is C38H42F4N4O4S. The maximum Gasteiger partial charge on any atom is 0.416 e. The van der Waals surface area contributed by atoms with Crippen molar-refractivity contribution >= 4 is 23.3 Å². The van der Waals surface area contributed by atoms with Gasteiger partial charge in [-0.05, 0) is 73.0 Å². The molecule has 1 N–H and O–H groups in total. The van der Waals surface area contributed by atoms with Crippen molar-refractivity contribution in [1.29, 1.82) is 0 Å². The molecule has 0 radical (unpaired) electrons. The SMILES string of the molecule is CCSc1nc2c(c(N3CCCC(C)(O)C3)n1)COC(c1c(C(F)(F)F)ccc(N(Cc3ccc(OC)cc3)Cc3ccc(OC)cc3)c1F)C2. The van der Waals surface area contributed by atoms with E-state index in [-0.39, 0.29) is 31.8 Å². The summed E-state index contributed by atoms with van der Waals surface area (Å²) in [6.07, 6.45) is -4.77. The normalized spacial score (nSPS) is 19.1. The molecule has 0 spiro atoms. The molecule has 6 rings (SSSR count). The van der Waals surface area contributed by atoms with Crippen LogP contribution in [0, 0.1) is 5.82 Å². The number of hydrogen-bond acceptors (Lipinski definition) is 9. The summed E-state index contributed by atoms with van der Waals surface area (Å²) in [5.41, 5.74) is 0.256. The molecule has 4 aromatic rings. The lowest BCUT2D eigenvalue weighted by molar-refractivity contribution is -0.140. The number of aliphatic hydroxyl groups is 1. The molecule has 2 atom stereocenters. The second kappa shape index (κ2) is 15.3. The number of fused-ring (bicyclic) bond motifs is 1. The summed E-state index contributed by atoms with van der Waals surface area (Å²) in [6, 6.07) is 16.7. The average molecular weight is 727 g/mol. The highest BCUT2D eigenvalue weighted by molar-refractivity contribution is 7.99. The van der Waals surface area contributed by atoms with E-state index >= 15 is 4.39 Å². The molecule has 8 nitrogen and oxygen atoms in total. The summed E-state index contributed by atoms with van der Waals surface area (Å²) < 4.78 is 77.8. The summed E-state index contributed by atoms with van der Waals surface area (Å²) in [5.74, 6) is 1.59. The fourth-order valence-corrected chi connectivity index (χ4v) is 7.37. The third kappa shape index (κ3) is 8.37. The standard InChI is InChI=1S/C38H42F4N4O4S/c1-5-51-36-43-30-19-32(50-22-28(30)35(44-36)45-18-6-17-37(2,47)23-45)33-29(38(40,41)42)15-16-31(34(33)39)46(20-24-7-11-26(48-3)12-8-24)21-25-9-13-27(49-4)14-10-25/h7-16,32,47H,5-6,17-23H2,1-4H3. The van der Waals surface area contributed by atoms with Crippen LogP contribution in [0.1, 0.15) is 66.3 Å². The Morgan fingerprint density at radius 1 is 0.980 bits per heavy atom. The zero-order chi connectivity index (χ0) is 36.3. The smallest absolute Gasteiger partial charge is 0.416 e.